The van der Waals surface area contributed by atoms with Crippen molar-refractivity contribution in [1.29, 1.82) is 0 Å². The van der Waals surface area contributed by atoms with Gasteiger partial charge in [-0.05, 0) is 24.6 Å². The van der Waals surface area contributed by atoms with E-state index >= 15 is 0 Å². The number of ether oxygens (including phenoxy) is 2. The second-order valence-electron chi connectivity index (χ2n) is 4.65. The highest BCUT2D eigenvalue weighted by Crippen LogP contribution is 2.25. The van der Waals surface area contributed by atoms with Crippen LogP contribution in [0.5, 0.6) is 11.5 Å². The lowest BCUT2D eigenvalue weighted by molar-refractivity contribution is -0.115. The van der Waals surface area contributed by atoms with Gasteiger partial charge in [0.25, 0.3) is 0 Å². The van der Waals surface area contributed by atoms with Crippen molar-refractivity contribution in [3.63, 3.8) is 0 Å². The number of carbonyl (C=O) groups is 1. The number of hydrogen-bond acceptors (Lipinski definition) is 6. The Morgan fingerprint density at radius 3 is 2.77 bits per heavy atom. The second kappa shape index (κ2) is 7.74. The minimum absolute atomic E-state index is 0.161. The van der Waals surface area contributed by atoms with E-state index in [0.29, 0.717) is 16.6 Å². The van der Waals surface area contributed by atoms with E-state index in [-0.39, 0.29) is 12.3 Å². The van der Waals surface area contributed by atoms with Gasteiger partial charge in [0.15, 0.2) is 0 Å². The van der Waals surface area contributed by atoms with Crippen LogP contribution in [0.4, 0.5) is 5.13 Å². The van der Waals surface area contributed by atoms with Gasteiger partial charge in [0.05, 0.1) is 20.6 Å². The zero-order valence-electron chi connectivity index (χ0n) is 12.9. The number of aryl methyl sites for hydroxylation is 1. The molecule has 1 N–H and O–H groups in total. The third-order valence-corrected chi connectivity index (χ3v) is 3.91. The van der Waals surface area contributed by atoms with Gasteiger partial charge in [-0.25, -0.2) is 0 Å². The van der Waals surface area contributed by atoms with Crippen molar-refractivity contribution < 1.29 is 14.3 Å². The number of methoxy groups -OCH3 is 2. The zero-order chi connectivity index (χ0) is 15.9. The number of benzene rings is 1. The Kier molecular flexibility index (Phi) is 5.71. The van der Waals surface area contributed by atoms with Crippen LogP contribution in [-0.2, 0) is 17.6 Å². The van der Waals surface area contributed by atoms with Gasteiger partial charge in [-0.1, -0.05) is 18.3 Å². The number of nitrogens with one attached hydrogen (secondary N) is 1. The van der Waals surface area contributed by atoms with E-state index in [1.807, 2.05) is 0 Å². The van der Waals surface area contributed by atoms with E-state index in [9.17, 15) is 4.79 Å². The lowest BCUT2D eigenvalue weighted by atomic mass is 10.1. The van der Waals surface area contributed by atoms with Crippen LogP contribution in [0.1, 0.15) is 23.9 Å². The summed E-state index contributed by atoms with van der Waals surface area (Å²) in [5, 5.41) is 12.2. The summed E-state index contributed by atoms with van der Waals surface area (Å²) in [6.07, 6.45) is 2.06. The molecular formula is C15H19N3O3S. The van der Waals surface area contributed by atoms with E-state index in [1.165, 1.54) is 11.3 Å². The van der Waals surface area contributed by atoms with E-state index in [2.05, 4.69) is 22.4 Å². The molecule has 0 radical (unpaired) electrons. The normalized spacial score (nSPS) is 10.3. The smallest absolute Gasteiger partial charge is 0.230 e. The first-order chi connectivity index (χ1) is 10.7. The summed E-state index contributed by atoms with van der Waals surface area (Å²) in [4.78, 5) is 12.1. The summed E-state index contributed by atoms with van der Waals surface area (Å²) in [5.74, 6) is 1.18. The average molecular weight is 321 g/mol. The van der Waals surface area contributed by atoms with Crippen LogP contribution in [0.3, 0.4) is 0 Å². The molecule has 0 aliphatic heterocycles. The van der Waals surface area contributed by atoms with Crippen LogP contribution in [0, 0.1) is 0 Å². The maximum Gasteiger partial charge on any atom is 0.230 e. The van der Waals surface area contributed by atoms with Crippen molar-refractivity contribution in [2.75, 3.05) is 19.5 Å². The number of hydrogen-bond donors (Lipinski definition) is 1. The Morgan fingerprint density at radius 2 is 2.09 bits per heavy atom. The summed E-state index contributed by atoms with van der Waals surface area (Å²) in [6.45, 7) is 2.08. The first-order valence-corrected chi connectivity index (χ1v) is 7.81. The number of nitrogens with zero attached hydrogens (tertiary/aromatic N) is 2. The Morgan fingerprint density at radius 1 is 1.27 bits per heavy atom. The van der Waals surface area contributed by atoms with E-state index in [4.69, 9.17) is 9.47 Å². The quantitative estimate of drug-likeness (QED) is 0.849. The predicted octanol–water partition coefficient (Wildman–Crippen LogP) is 2.69. The first kappa shape index (κ1) is 16.2. The molecular weight excluding hydrogens is 302 g/mol. The fourth-order valence-corrected chi connectivity index (χ4v) is 2.83. The SMILES string of the molecule is CCCc1nnc(NC(=O)Cc2cc(OC)ccc2OC)s1. The van der Waals surface area contributed by atoms with Crippen molar-refractivity contribution >= 4 is 22.4 Å². The van der Waals surface area contributed by atoms with Crippen molar-refractivity contribution in [1.82, 2.24) is 10.2 Å². The third kappa shape index (κ3) is 4.17. The highest BCUT2D eigenvalue weighted by atomic mass is 32.1. The van der Waals surface area contributed by atoms with Gasteiger partial charge in [-0.3, -0.25) is 4.79 Å². The van der Waals surface area contributed by atoms with Crippen molar-refractivity contribution in [2.24, 2.45) is 0 Å². The molecule has 0 aliphatic carbocycles. The zero-order valence-corrected chi connectivity index (χ0v) is 13.7. The molecule has 1 amide bonds. The fraction of sp³-hybridized carbons (Fsp3) is 0.400. The molecule has 0 bridgehead atoms. The van der Waals surface area contributed by atoms with Crippen molar-refractivity contribution in [2.45, 2.75) is 26.2 Å². The molecule has 0 fully saturated rings. The summed E-state index contributed by atoms with van der Waals surface area (Å²) in [5.41, 5.74) is 0.762. The van der Waals surface area contributed by atoms with Gasteiger partial charge in [0, 0.05) is 12.0 Å². The molecule has 2 aromatic rings. The summed E-state index contributed by atoms with van der Waals surface area (Å²) in [6, 6.07) is 5.37. The van der Waals surface area contributed by atoms with Crippen LogP contribution in [0.15, 0.2) is 18.2 Å². The lowest BCUT2D eigenvalue weighted by Crippen LogP contribution is -2.14. The molecule has 1 aromatic carbocycles. The number of carbonyl (C=O) groups excluding carboxylic acids is 1. The van der Waals surface area contributed by atoms with E-state index in [0.717, 1.165) is 23.4 Å². The molecule has 0 unspecified atom stereocenters. The Bertz CT molecular complexity index is 643. The number of rotatable bonds is 7. The summed E-state index contributed by atoms with van der Waals surface area (Å²) < 4.78 is 10.4. The van der Waals surface area contributed by atoms with Crippen molar-refractivity contribution in [3.05, 3.63) is 28.8 Å². The van der Waals surface area contributed by atoms with Crippen LogP contribution in [-0.4, -0.2) is 30.3 Å². The average Bonchev–Trinajstić information content (AvgIpc) is 2.94. The van der Waals surface area contributed by atoms with Crippen molar-refractivity contribution in [3.8, 4) is 11.5 Å². The molecule has 0 aliphatic rings. The molecule has 7 heteroatoms. The Labute approximate surface area is 133 Å². The highest BCUT2D eigenvalue weighted by molar-refractivity contribution is 7.15. The minimum atomic E-state index is -0.161. The molecule has 0 spiro atoms. The predicted molar refractivity (Wildman–Crippen MR) is 85.8 cm³/mol. The number of aromatic nitrogens is 2. The van der Waals surface area contributed by atoms with Gasteiger partial charge < -0.3 is 14.8 Å². The van der Waals surface area contributed by atoms with Crippen LogP contribution in [0.2, 0.25) is 0 Å². The van der Waals surface area contributed by atoms with E-state index in [1.54, 1.807) is 32.4 Å². The standard InChI is InChI=1S/C15H19N3O3S/c1-4-5-14-17-18-15(22-14)16-13(19)9-10-8-11(20-2)6-7-12(10)21-3/h6-8H,4-5,9H2,1-3H3,(H,16,18,19). The fourth-order valence-electron chi connectivity index (χ4n) is 1.98. The molecule has 0 saturated carbocycles. The van der Waals surface area contributed by atoms with Gasteiger partial charge in [-0.15, -0.1) is 10.2 Å². The number of anilines is 1. The summed E-state index contributed by atoms with van der Waals surface area (Å²) in [7, 11) is 3.16. The van der Waals surface area contributed by atoms with Gasteiger partial charge in [0.2, 0.25) is 11.0 Å². The highest BCUT2D eigenvalue weighted by Gasteiger charge is 2.12. The first-order valence-electron chi connectivity index (χ1n) is 6.99. The molecule has 2 rings (SSSR count). The van der Waals surface area contributed by atoms with Gasteiger partial charge >= 0.3 is 0 Å². The number of amides is 1. The van der Waals surface area contributed by atoms with Crippen LogP contribution < -0.4 is 14.8 Å². The van der Waals surface area contributed by atoms with Gasteiger partial charge in [-0.2, -0.15) is 0 Å². The molecule has 118 valence electrons. The largest absolute Gasteiger partial charge is 0.497 e. The molecule has 1 aromatic heterocycles. The van der Waals surface area contributed by atoms with E-state index < -0.39 is 0 Å². The van der Waals surface area contributed by atoms with Gasteiger partial charge in [0.1, 0.15) is 16.5 Å². The molecule has 6 nitrogen and oxygen atoms in total. The van der Waals surface area contributed by atoms with Crippen LogP contribution in [0.25, 0.3) is 0 Å². The lowest BCUT2D eigenvalue weighted by Gasteiger charge is -2.09. The monoisotopic (exact) mass is 321 g/mol. The molecule has 0 saturated heterocycles. The minimum Gasteiger partial charge on any atom is -0.497 e. The molecule has 22 heavy (non-hydrogen) atoms. The third-order valence-electron chi connectivity index (χ3n) is 3.02. The Balaban J connectivity index is 2.04. The summed E-state index contributed by atoms with van der Waals surface area (Å²) >= 11 is 1.40. The maximum atomic E-state index is 12.1. The molecule has 1 heterocycles. The van der Waals surface area contributed by atoms with Crippen LogP contribution >= 0.6 is 11.3 Å². The maximum absolute atomic E-state index is 12.1. The molecule has 0 atom stereocenters. The topological polar surface area (TPSA) is 73.3 Å². The second-order valence-corrected chi connectivity index (χ2v) is 5.72. The Hall–Kier alpha value is -2.15.